The molecule has 94 valence electrons. The van der Waals surface area contributed by atoms with E-state index in [-0.39, 0.29) is 6.10 Å². The highest BCUT2D eigenvalue weighted by atomic mass is 16.5. The third kappa shape index (κ3) is 2.77. The molecule has 0 fully saturated rings. The van der Waals surface area contributed by atoms with Crippen molar-refractivity contribution in [3.05, 3.63) is 41.5 Å². The molecule has 1 aromatic carbocycles. The zero-order valence-electron chi connectivity index (χ0n) is 9.96. The molecule has 1 heterocycles. The minimum absolute atomic E-state index is 0.0843. The van der Waals surface area contributed by atoms with E-state index in [0.717, 1.165) is 30.5 Å². The number of hydrogen-bond acceptors (Lipinski definition) is 3. The summed E-state index contributed by atoms with van der Waals surface area (Å²) in [6.45, 7) is 0. The van der Waals surface area contributed by atoms with Crippen LogP contribution in [0.15, 0.2) is 30.3 Å². The Morgan fingerprint density at radius 1 is 1.39 bits per heavy atom. The average molecular weight is 245 g/mol. The Kier molecular flexibility index (Phi) is 3.77. The number of carbonyl (C=O) groups is 2. The van der Waals surface area contributed by atoms with Gasteiger partial charge in [-0.15, -0.1) is 0 Å². The van der Waals surface area contributed by atoms with Crippen LogP contribution in [0.5, 0.6) is 0 Å². The van der Waals surface area contributed by atoms with Crippen LogP contribution in [0.1, 0.15) is 35.2 Å². The smallest absolute Gasteiger partial charge is 0.248 e. The molecule has 0 spiro atoms. The summed E-state index contributed by atoms with van der Waals surface area (Å²) in [6.07, 6.45) is 5.08. The summed E-state index contributed by atoms with van der Waals surface area (Å²) in [5.41, 5.74) is 6.58. The molecule has 0 aliphatic carbocycles. The van der Waals surface area contributed by atoms with Gasteiger partial charge in [-0.05, 0) is 24.6 Å². The third-order valence-corrected chi connectivity index (χ3v) is 2.92. The molecule has 1 aromatic rings. The van der Waals surface area contributed by atoms with E-state index < -0.39 is 5.91 Å². The average Bonchev–Trinajstić information content (AvgIpc) is 2.85. The predicted molar refractivity (Wildman–Crippen MR) is 67.7 cm³/mol. The van der Waals surface area contributed by atoms with E-state index in [1.807, 2.05) is 18.2 Å². The fourth-order valence-corrected chi connectivity index (χ4v) is 1.93. The number of nitrogens with two attached hydrogens (primary N) is 1. The summed E-state index contributed by atoms with van der Waals surface area (Å²) in [5.74, 6) is 0.369. The number of aldehydes is 1. The van der Waals surface area contributed by atoms with Gasteiger partial charge in [0.2, 0.25) is 5.91 Å². The lowest BCUT2D eigenvalue weighted by atomic mass is 10.1. The first kappa shape index (κ1) is 12.4. The minimum Gasteiger partial charge on any atom is -0.490 e. The van der Waals surface area contributed by atoms with Crippen LogP contribution in [-0.4, -0.2) is 18.3 Å². The van der Waals surface area contributed by atoms with E-state index in [4.69, 9.17) is 10.5 Å². The number of carbonyl (C=O) groups excluding carboxylic acids is 2. The first-order valence-corrected chi connectivity index (χ1v) is 5.91. The Labute approximate surface area is 105 Å². The Balaban J connectivity index is 2.01. The van der Waals surface area contributed by atoms with Crippen LogP contribution in [0, 0.1) is 0 Å². The summed E-state index contributed by atoms with van der Waals surface area (Å²) in [6, 6.07) is 6.99. The highest BCUT2D eigenvalue weighted by molar-refractivity contribution is 5.93. The van der Waals surface area contributed by atoms with Crippen LogP contribution in [0.25, 0.3) is 5.76 Å². The van der Waals surface area contributed by atoms with Crippen molar-refractivity contribution >= 4 is 18.0 Å². The van der Waals surface area contributed by atoms with Crippen LogP contribution in [0.4, 0.5) is 0 Å². The van der Waals surface area contributed by atoms with E-state index in [0.29, 0.717) is 12.0 Å². The van der Waals surface area contributed by atoms with Crippen LogP contribution >= 0.6 is 0 Å². The van der Waals surface area contributed by atoms with E-state index in [2.05, 4.69) is 0 Å². The molecule has 0 aromatic heterocycles. The largest absolute Gasteiger partial charge is 0.490 e. The maximum atomic E-state index is 10.9. The molecule has 1 aliphatic rings. The number of hydrogen-bond donors (Lipinski definition) is 1. The first-order chi connectivity index (χ1) is 8.70. The molecule has 0 saturated carbocycles. The van der Waals surface area contributed by atoms with E-state index in [1.165, 1.54) is 0 Å². The Morgan fingerprint density at radius 2 is 2.11 bits per heavy atom. The van der Waals surface area contributed by atoms with Gasteiger partial charge in [0.05, 0.1) is 0 Å². The van der Waals surface area contributed by atoms with Crippen molar-refractivity contribution in [2.24, 2.45) is 5.73 Å². The molecule has 2 rings (SSSR count). The van der Waals surface area contributed by atoms with Crippen molar-refractivity contribution in [1.82, 2.24) is 0 Å². The fraction of sp³-hybridized carbons (Fsp3) is 0.286. The van der Waals surface area contributed by atoms with Crippen LogP contribution in [-0.2, 0) is 9.53 Å². The Hall–Kier alpha value is -2.10. The van der Waals surface area contributed by atoms with Gasteiger partial charge in [-0.25, -0.2) is 0 Å². The number of ether oxygens (including phenoxy) is 1. The SMILES string of the molecule is NC(=O)c1ccc(C2=CCC(CCC=O)O2)cc1. The quantitative estimate of drug-likeness (QED) is 0.805. The zero-order valence-corrected chi connectivity index (χ0v) is 9.96. The van der Waals surface area contributed by atoms with Gasteiger partial charge in [0, 0.05) is 24.0 Å². The second-order valence-corrected chi connectivity index (χ2v) is 4.23. The molecule has 4 heteroatoms. The summed E-state index contributed by atoms with van der Waals surface area (Å²) in [7, 11) is 0. The van der Waals surface area contributed by atoms with Crippen LogP contribution in [0.2, 0.25) is 0 Å². The van der Waals surface area contributed by atoms with Gasteiger partial charge >= 0.3 is 0 Å². The van der Waals surface area contributed by atoms with Crippen molar-refractivity contribution < 1.29 is 14.3 Å². The Bertz CT molecular complexity index is 476. The zero-order chi connectivity index (χ0) is 13.0. The number of rotatable bonds is 5. The molecular formula is C14H15NO3. The highest BCUT2D eigenvalue weighted by Crippen LogP contribution is 2.28. The molecule has 0 saturated heterocycles. The molecule has 1 unspecified atom stereocenters. The van der Waals surface area contributed by atoms with Crippen molar-refractivity contribution in [3.8, 4) is 0 Å². The normalized spacial score (nSPS) is 18.0. The molecular weight excluding hydrogens is 230 g/mol. The van der Waals surface area contributed by atoms with Crippen molar-refractivity contribution in [3.63, 3.8) is 0 Å². The molecule has 18 heavy (non-hydrogen) atoms. The Morgan fingerprint density at radius 3 is 2.72 bits per heavy atom. The summed E-state index contributed by atoms with van der Waals surface area (Å²) < 4.78 is 5.74. The third-order valence-electron chi connectivity index (χ3n) is 2.92. The molecule has 0 radical (unpaired) electrons. The van der Waals surface area contributed by atoms with Gasteiger partial charge in [0.15, 0.2) is 0 Å². The first-order valence-electron chi connectivity index (χ1n) is 5.91. The van der Waals surface area contributed by atoms with Gasteiger partial charge in [0.25, 0.3) is 0 Å². The lowest BCUT2D eigenvalue weighted by molar-refractivity contribution is -0.108. The minimum atomic E-state index is -0.438. The topological polar surface area (TPSA) is 69.4 Å². The van der Waals surface area contributed by atoms with Crippen molar-refractivity contribution in [2.45, 2.75) is 25.4 Å². The van der Waals surface area contributed by atoms with E-state index in [1.54, 1.807) is 12.1 Å². The maximum Gasteiger partial charge on any atom is 0.248 e. The second kappa shape index (κ2) is 5.49. The van der Waals surface area contributed by atoms with Crippen LogP contribution < -0.4 is 5.73 Å². The van der Waals surface area contributed by atoms with Crippen molar-refractivity contribution in [2.75, 3.05) is 0 Å². The number of primary amides is 1. The molecule has 2 N–H and O–H groups in total. The fourth-order valence-electron chi connectivity index (χ4n) is 1.93. The van der Waals surface area contributed by atoms with Gasteiger partial charge in [0.1, 0.15) is 18.1 Å². The monoisotopic (exact) mass is 245 g/mol. The summed E-state index contributed by atoms with van der Waals surface area (Å²) in [5, 5.41) is 0. The standard InChI is InChI=1S/C14H15NO3/c15-14(17)11-5-3-10(4-6-11)13-8-7-12(18-13)2-1-9-16/h3-6,8-9,12H,1-2,7H2,(H2,15,17). The van der Waals surface area contributed by atoms with Crippen molar-refractivity contribution in [1.29, 1.82) is 0 Å². The predicted octanol–water partition coefficient (Wildman–Crippen LogP) is 1.89. The molecule has 1 aliphatic heterocycles. The summed E-state index contributed by atoms with van der Waals surface area (Å²) >= 11 is 0. The molecule has 1 amide bonds. The lowest BCUT2D eigenvalue weighted by Crippen LogP contribution is -2.10. The highest BCUT2D eigenvalue weighted by Gasteiger charge is 2.18. The second-order valence-electron chi connectivity index (χ2n) is 4.23. The van der Waals surface area contributed by atoms with Gasteiger partial charge in [-0.2, -0.15) is 0 Å². The number of amides is 1. The van der Waals surface area contributed by atoms with Gasteiger partial charge in [-0.3, -0.25) is 4.79 Å². The molecule has 4 nitrogen and oxygen atoms in total. The van der Waals surface area contributed by atoms with Gasteiger partial charge in [-0.1, -0.05) is 12.1 Å². The van der Waals surface area contributed by atoms with E-state index >= 15 is 0 Å². The lowest BCUT2D eigenvalue weighted by Gasteiger charge is -2.12. The van der Waals surface area contributed by atoms with Crippen LogP contribution in [0.3, 0.4) is 0 Å². The summed E-state index contributed by atoms with van der Waals surface area (Å²) in [4.78, 5) is 21.2. The van der Waals surface area contributed by atoms with E-state index in [9.17, 15) is 9.59 Å². The molecule has 0 bridgehead atoms. The number of benzene rings is 1. The van der Waals surface area contributed by atoms with Gasteiger partial charge < -0.3 is 15.3 Å². The maximum absolute atomic E-state index is 10.9. The molecule has 1 atom stereocenters.